The summed E-state index contributed by atoms with van der Waals surface area (Å²) in [6.45, 7) is 1.86. The van der Waals surface area contributed by atoms with Crippen LogP contribution in [0, 0.1) is 6.92 Å². The molecule has 0 unspecified atom stereocenters. The van der Waals surface area contributed by atoms with Crippen molar-refractivity contribution >= 4 is 15.5 Å². The highest BCUT2D eigenvalue weighted by Gasteiger charge is 2.15. The normalized spacial score (nSPS) is 11.3. The first kappa shape index (κ1) is 13.4. The molecule has 0 fully saturated rings. The number of aryl methyl sites for hydroxylation is 1. The summed E-state index contributed by atoms with van der Waals surface area (Å²) in [5.41, 5.74) is 6.79. The van der Waals surface area contributed by atoms with Gasteiger partial charge >= 0.3 is 0 Å². The number of anilines is 1. The lowest BCUT2D eigenvalue weighted by Gasteiger charge is -2.11. The quantitative estimate of drug-likeness (QED) is 0.870. The minimum atomic E-state index is -3.38. The van der Waals surface area contributed by atoms with Crippen LogP contribution in [0.25, 0.3) is 0 Å². The van der Waals surface area contributed by atoms with E-state index in [0.717, 1.165) is 11.9 Å². The van der Waals surface area contributed by atoms with E-state index in [0.29, 0.717) is 11.5 Å². The predicted molar refractivity (Wildman–Crippen MR) is 73.0 cm³/mol. The Morgan fingerprint density at radius 2 is 1.95 bits per heavy atom. The molecule has 0 atom stereocenters. The summed E-state index contributed by atoms with van der Waals surface area (Å²) < 4.78 is 28.7. The van der Waals surface area contributed by atoms with Crippen molar-refractivity contribution < 1.29 is 13.2 Å². The van der Waals surface area contributed by atoms with E-state index in [9.17, 15) is 8.42 Å². The SMILES string of the molecule is Cc1ccc(Oc2cccc(S(C)(=O)=O)c2N)cn1. The number of nitrogen functional groups attached to an aromatic ring is 1. The molecule has 0 aliphatic rings. The van der Waals surface area contributed by atoms with Gasteiger partial charge in [0.25, 0.3) is 0 Å². The van der Waals surface area contributed by atoms with Crippen molar-refractivity contribution in [2.45, 2.75) is 11.8 Å². The van der Waals surface area contributed by atoms with Crippen LogP contribution in [0.15, 0.2) is 41.4 Å². The van der Waals surface area contributed by atoms with Gasteiger partial charge in [-0.25, -0.2) is 8.42 Å². The smallest absolute Gasteiger partial charge is 0.177 e. The molecule has 2 N–H and O–H groups in total. The summed E-state index contributed by atoms with van der Waals surface area (Å²) in [6, 6.07) is 8.19. The van der Waals surface area contributed by atoms with Crippen LogP contribution in [0.2, 0.25) is 0 Å². The number of hydrogen-bond donors (Lipinski definition) is 1. The zero-order valence-corrected chi connectivity index (χ0v) is 11.4. The lowest BCUT2D eigenvalue weighted by molar-refractivity contribution is 0.481. The third-order valence-electron chi connectivity index (χ3n) is 2.54. The lowest BCUT2D eigenvalue weighted by atomic mass is 10.3. The van der Waals surface area contributed by atoms with E-state index in [2.05, 4.69) is 4.98 Å². The highest BCUT2D eigenvalue weighted by atomic mass is 32.2. The largest absolute Gasteiger partial charge is 0.454 e. The molecule has 0 radical (unpaired) electrons. The number of nitrogens with two attached hydrogens (primary N) is 1. The Bertz CT molecular complexity index is 694. The molecule has 1 aromatic carbocycles. The fraction of sp³-hybridized carbons (Fsp3) is 0.154. The fourth-order valence-electron chi connectivity index (χ4n) is 1.58. The topological polar surface area (TPSA) is 82.3 Å². The molecular formula is C13H14N2O3S. The Balaban J connectivity index is 2.39. The number of ether oxygens (including phenoxy) is 1. The molecule has 0 aliphatic heterocycles. The van der Waals surface area contributed by atoms with Crippen LogP contribution in [-0.2, 0) is 9.84 Å². The lowest BCUT2D eigenvalue weighted by Crippen LogP contribution is -2.03. The summed E-state index contributed by atoms with van der Waals surface area (Å²) in [7, 11) is -3.38. The fourth-order valence-corrected chi connectivity index (χ4v) is 2.40. The maximum Gasteiger partial charge on any atom is 0.177 e. The van der Waals surface area contributed by atoms with E-state index in [4.69, 9.17) is 10.5 Å². The van der Waals surface area contributed by atoms with Crippen molar-refractivity contribution in [3.05, 3.63) is 42.2 Å². The third-order valence-corrected chi connectivity index (χ3v) is 3.69. The molecule has 5 nitrogen and oxygen atoms in total. The van der Waals surface area contributed by atoms with Gasteiger partial charge in [-0.1, -0.05) is 6.07 Å². The van der Waals surface area contributed by atoms with Crippen molar-refractivity contribution in [1.29, 1.82) is 0 Å². The summed E-state index contributed by atoms with van der Waals surface area (Å²) in [6.07, 6.45) is 2.66. The molecule has 1 aromatic heterocycles. The van der Waals surface area contributed by atoms with Crippen molar-refractivity contribution in [2.75, 3.05) is 12.0 Å². The Morgan fingerprint density at radius 1 is 1.21 bits per heavy atom. The second kappa shape index (κ2) is 4.89. The van der Waals surface area contributed by atoms with Gasteiger partial charge < -0.3 is 10.5 Å². The number of nitrogens with zero attached hydrogens (tertiary/aromatic N) is 1. The number of para-hydroxylation sites is 1. The van der Waals surface area contributed by atoms with E-state index in [1.54, 1.807) is 30.5 Å². The van der Waals surface area contributed by atoms with Gasteiger partial charge in [-0.2, -0.15) is 0 Å². The molecule has 6 heteroatoms. The first-order valence-electron chi connectivity index (χ1n) is 5.57. The number of rotatable bonds is 3. The maximum absolute atomic E-state index is 11.6. The van der Waals surface area contributed by atoms with Crippen molar-refractivity contribution in [1.82, 2.24) is 4.98 Å². The Labute approximate surface area is 112 Å². The number of aromatic nitrogens is 1. The molecule has 0 saturated heterocycles. The molecule has 0 bridgehead atoms. The van der Waals surface area contributed by atoms with Crippen LogP contribution in [0.5, 0.6) is 11.5 Å². The van der Waals surface area contributed by atoms with Crippen LogP contribution in [0.1, 0.15) is 5.69 Å². The first-order chi connectivity index (χ1) is 8.88. The number of benzene rings is 1. The molecule has 0 spiro atoms. The minimum Gasteiger partial charge on any atom is -0.454 e. The number of hydrogen-bond acceptors (Lipinski definition) is 5. The molecule has 0 amide bonds. The molecule has 1 heterocycles. The maximum atomic E-state index is 11.6. The van der Waals surface area contributed by atoms with Crippen LogP contribution >= 0.6 is 0 Å². The van der Waals surface area contributed by atoms with E-state index >= 15 is 0 Å². The summed E-state index contributed by atoms with van der Waals surface area (Å²) in [5, 5.41) is 0. The van der Waals surface area contributed by atoms with Crippen LogP contribution < -0.4 is 10.5 Å². The average molecular weight is 278 g/mol. The van der Waals surface area contributed by atoms with Crippen molar-refractivity contribution in [2.24, 2.45) is 0 Å². The molecular weight excluding hydrogens is 264 g/mol. The van der Waals surface area contributed by atoms with Crippen LogP contribution in [0.3, 0.4) is 0 Å². The number of pyridine rings is 1. The second-order valence-corrected chi connectivity index (χ2v) is 6.16. The molecule has 0 saturated carbocycles. The van der Waals surface area contributed by atoms with Gasteiger partial charge in [0.2, 0.25) is 0 Å². The summed E-state index contributed by atoms with van der Waals surface area (Å²) in [4.78, 5) is 4.15. The van der Waals surface area contributed by atoms with E-state index in [1.165, 1.54) is 6.07 Å². The zero-order valence-electron chi connectivity index (χ0n) is 10.6. The van der Waals surface area contributed by atoms with Gasteiger partial charge in [-0.05, 0) is 31.2 Å². The average Bonchev–Trinajstić information content (AvgIpc) is 2.33. The predicted octanol–water partition coefficient (Wildman–Crippen LogP) is 2.17. The van der Waals surface area contributed by atoms with Gasteiger partial charge in [-0.3, -0.25) is 4.98 Å². The Hall–Kier alpha value is -2.08. The van der Waals surface area contributed by atoms with Gasteiger partial charge in [0.1, 0.15) is 5.75 Å². The number of sulfone groups is 1. The van der Waals surface area contributed by atoms with Gasteiger partial charge in [0.05, 0.1) is 16.8 Å². The van der Waals surface area contributed by atoms with Gasteiger partial charge in [0, 0.05) is 11.9 Å². The molecule has 0 aliphatic carbocycles. The van der Waals surface area contributed by atoms with Crippen molar-refractivity contribution in [3.8, 4) is 11.5 Å². The standard InChI is InChI=1S/C13H14N2O3S/c1-9-6-7-10(8-15-9)18-11-4-3-5-12(13(11)14)19(2,16)17/h3-8H,14H2,1-2H3. The van der Waals surface area contributed by atoms with Gasteiger partial charge in [0.15, 0.2) is 15.6 Å². The van der Waals surface area contributed by atoms with E-state index < -0.39 is 9.84 Å². The molecule has 2 rings (SSSR count). The Kier molecular flexibility index (Phi) is 3.44. The zero-order chi connectivity index (χ0) is 14.0. The van der Waals surface area contributed by atoms with Gasteiger partial charge in [-0.15, -0.1) is 0 Å². The highest BCUT2D eigenvalue weighted by Crippen LogP contribution is 2.32. The monoisotopic (exact) mass is 278 g/mol. The molecule has 2 aromatic rings. The van der Waals surface area contributed by atoms with E-state index in [1.807, 2.05) is 6.92 Å². The first-order valence-corrected chi connectivity index (χ1v) is 7.46. The molecule has 19 heavy (non-hydrogen) atoms. The minimum absolute atomic E-state index is 0.0603. The van der Waals surface area contributed by atoms with E-state index in [-0.39, 0.29) is 10.6 Å². The van der Waals surface area contributed by atoms with Crippen LogP contribution in [-0.4, -0.2) is 19.7 Å². The highest BCUT2D eigenvalue weighted by molar-refractivity contribution is 7.90. The van der Waals surface area contributed by atoms with Crippen LogP contribution in [0.4, 0.5) is 5.69 Å². The third kappa shape index (κ3) is 3.03. The summed E-state index contributed by atoms with van der Waals surface area (Å²) >= 11 is 0. The molecule has 100 valence electrons. The summed E-state index contributed by atoms with van der Waals surface area (Å²) in [5.74, 6) is 0.802. The Morgan fingerprint density at radius 3 is 2.53 bits per heavy atom. The second-order valence-electron chi connectivity index (χ2n) is 4.18. The van der Waals surface area contributed by atoms with Crippen molar-refractivity contribution in [3.63, 3.8) is 0 Å².